The number of carbonyl (C=O) groups excluding carboxylic acids is 1. The summed E-state index contributed by atoms with van der Waals surface area (Å²) in [5.41, 5.74) is 0.547. The molecule has 1 aromatic rings. The quantitative estimate of drug-likeness (QED) is 0.658. The normalized spacial score (nSPS) is 24.2. The van der Waals surface area contributed by atoms with Gasteiger partial charge in [-0.05, 0) is 37.8 Å². The van der Waals surface area contributed by atoms with Crippen molar-refractivity contribution in [2.45, 2.75) is 42.7 Å². The summed E-state index contributed by atoms with van der Waals surface area (Å²) in [6.07, 6.45) is 3.78. The van der Waals surface area contributed by atoms with Crippen LogP contribution >= 0.6 is 0 Å². The van der Waals surface area contributed by atoms with Crippen molar-refractivity contribution in [1.29, 1.82) is 0 Å². The van der Waals surface area contributed by atoms with Gasteiger partial charge in [-0.1, -0.05) is 12.1 Å². The van der Waals surface area contributed by atoms with Gasteiger partial charge in [-0.3, -0.25) is 4.79 Å². The predicted octanol–water partition coefficient (Wildman–Crippen LogP) is 0.482. The third kappa shape index (κ3) is 3.74. The van der Waals surface area contributed by atoms with Gasteiger partial charge in [0.2, 0.25) is 15.9 Å². The zero-order valence-electron chi connectivity index (χ0n) is 17.1. The summed E-state index contributed by atoms with van der Waals surface area (Å²) < 4.78 is 53.7. The number of fused-ring (bicyclic) bond motifs is 1. The molecule has 1 aromatic carbocycles. The lowest BCUT2D eigenvalue weighted by molar-refractivity contribution is -0.136. The fourth-order valence-corrected chi connectivity index (χ4v) is 6.47. The lowest BCUT2D eigenvalue weighted by Crippen LogP contribution is -2.52. The van der Waals surface area contributed by atoms with E-state index in [1.54, 1.807) is 30.1 Å². The Morgan fingerprint density at radius 2 is 1.80 bits per heavy atom. The Bertz CT molecular complexity index is 1090. The Balaban J connectivity index is 1.50. The first-order valence-electron chi connectivity index (χ1n) is 10.0. The van der Waals surface area contributed by atoms with E-state index in [-0.39, 0.29) is 16.8 Å². The SMILES string of the molecule is CN(C1CCN(C(=O)[C@@H]2CCCN2C2=NS(=O)(=O)c3ccccc32)CC1)S(C)(=O)=O. The average molecular weight is 455 g/mol. The summed E-state index contributed by atoms with van der Waals surface area (Å²) >= 11 is 0. The standard InChI is InChI=1S/C19H26N4O5S2/c1-21(29(2,25)26)14-9-12-22(13-10-14)19(24)16-7-5-11-23(16)18-15-6-3-4-8-17(15)30(27,28)20-18/h3-4,6,8,14,16H,5,7,9-13H2,1-2H3/t16-/m0/s1. The number of likely N-dealkylation sites (tertiary alicyclic amines) is 2. The summed E-state index contributed by atoms with van der Waals surface area (Å²) in [6.45, 7) is 1.54. The van der Waals surface area contributed by atoms with Crippen LogP contribution in [0, 0.1) is 0 Å². The smallest absolute Gasteiger partial charge is 0.285 e. The molecule has 11 heteroatoms. The summed E-state index contributed by atoms with van der Waals surface area (Å²) in [5.74, 6) is 0.311. The van der Waals surface area contributed by atoms with Gasteiger partial charge in [0, 0.05) is 38.3 Å². The minimum Gasteiger partial charge on any atom is -0.343 e. The molecule has 1 amide bonds. The van der Waals surface area contributed by atoms with Crippen LogP contribution in [0.1, 0.15) is 31.2 Å². The number of hydrogen-bond acceptors (Lipinski definition) is 6. The van der Waals surface area contributed by atoms with E-state index in [1.807, 2.05) is 4.90 Å². The van der Waals surface area contributed by atoms with Crippen molar-refractivity contribution >= 4 is 31.8 Å². The predicted molar refractivity (Wildman–Crippen MR) is 112 cm³/mol. The Morgan fingerprint density at radius 3 is 2.47 bits per heavy atom. The zero-order valence-corrected chi connectivity index (χ0v) is 18.7. The van der Waals surface area contributed by atoms with E-state index in [9.17, 15) is 21.6 Å². The van der Waals surface area contributed by atoms with E-state index in [0.717, 1.165) is 6.42 Å². The first-order valence-corrected chi connectivity index (χ1v) is 13.3. The molecule has 0 N–H and O–H groups in total. The van der Waals surface area contributed by atoms with Gasteiger partial charge in [0.15, 0.2) is 5.84 Å². The molecule has 0 unspecified atom stereocenters. The Hall–Kier alpha value is -1.98. The first-order chi connectivity index (χ1) is 14.1. The molecular weight excluding hydrogens is 428 g/mol. The number of hydrogen-bond donors (Lipinski definition) is 0. The number of nitrogens with zero attached hydrogens (tertiary/aromatic N) is 4. The average Bonchev–Trinajstić information content (AvgIpc) is 3.29. The Labute approximate surface area is 177 Å². The van der Waals surface area contributed by atoms with Crippen molar-refractivity contribution in [3.8, 4) is 0 Å². The second-order valence-corrected chi connectivity index (χ2v) is 11.7. The number of benzene rings is 1. The minimum absolute atomic E-state index is 0.0440. The van der Waals surface area contributed by atoms with Crippen LogP contribution < -0.4 is 0 Å². The molecule has 0 bridgehead atoms. The second kappa shape index (κ2) is 7.61. The first kappa shape index (κ1) is 21.3. The van der Waals surface area contributed by atoms with Crippen LogP contribution in [0.3, 0.4) is 0 Å². The molecule has 4 rings (SSSR count). The van der Waals surface area contributed by atoms with Crippen molar-refractivity contribution in [1.82, 2.24) is 14.1 Å². The highest BCUT2D eigenvalue weighted by Crippen LogP contribution is 2.32. The molecule has 0 spiro atoms. The summed E-state index contributed by atoms with van der Waals surface area (Å²) in [5, 5.41) is 0. The Morgan fingerprint density at radius 1 is 1.13 bits per heavy atom. The van der Waals surface area contributed by atoms with E-state index < -0.39 is 26.1 Å². The number of piperidine rings is 1. The fourth-order valence-electron chi connectivity index (χ4n) is 4.50. The maximum Gasteiger partial charge on any atom is 0.285 e. The van der Waals surface area contributed by atoms with E-state index in [1.165, 1.54) is 16.6 Å². The number of sulfonamides is 2. The molecule has 3 aliphatic heterocycles. The lowest BCUT2D eigenvalue weighted by Gasteiger charge is -2.38. The van der Waals surface area contributed by atoms with Crippen LogP contribution in [-0.2, 0) is 24.8 Å². The maximum absolute atomic E-state index is 13.3. The third-order valence-electron chi connectivity index (χ3n) is 6.24. The van der Waals surface area contributed by atoms with Crippen molar-refractivity contribution < 1.29 is 21.6 Å². The maximum atomic E-state index is 13.3. The van der Waals surface area contributed by atoms with Crippen LogP contribution in [-0.4, -0.2) is 87.7 Å². The van der Waals surface area contributed by atoms with E-state index in [0.29, 0.717) is 50.3 Å². The Kier molecular flexibility index (Phi) is 5.39. The largest absolute Gasteiger partial charge is 0.343 e. The zero-order chi connectivity index (χ0) is 21.7. The number of rotatable bonds is 3. The van der Waals surface area contributed by atoms with Crippen LogP contribution in [0.25, 0.3) is 0 Å². The van der Waals surface area contributed by atoms with E-state index in [4.69, 9.17) is 0 Å². The number of amides is 1. The van der Waals surface area contributed by atoms with Gasteiger partial charge in [-0.25, -0.2) is 12.7 Å². The highest BCUT2D eigenvalue weighted by Gasteiger charge is 2.41. The molecule has 2 fully saturated rings. The van der Waals surface area contributed by atoms with Gasteiger partial charge in [0.1, 0.15) is 10.9 Å². The van der Waals surface area contributed by atoms with Crippen molar-refractivity contribution in [2.24, 2.45) is 4.40 Å². The van der Waals surface area contributed by atoms with Gasteiger partial charge in [0.25, 0.3) is 10.0 Å². The molecule has 30 heavy (non-hydrogen) atoms. The molecule has 0 radical (unpaired) electrons. The summed E-state index contributed by atoms with van der Waals surface area (Å²) in [7, 11) is -5.43. The van der Waals surface area contributed by atoms with Crippen molar-refractivity contribution in [2.75, 3.05) is 32.9 Å². The molecule has 1 atom stereocenters. The second-order valence-electron chi connectivity index (χ2n) is 8.07. The molecule has 3 aliphatic rings. The molecule has 3 heterocycles. The molecular formula is C19H26N4O5S2. The highest BCUT2D eigenvalue weighted by atomic mass is 32.2. The van der Waals surface area contributed by atoms with Gasteiger partial charge in [-0.15, -0.1) is 4.40 Å². The fraction of sp³-hybridized carbons (Fsp3) is 0.579. The van der Waals surface area contributed by atoms with Gasteiger partial charge in [0.05, 0.1) is 6.26 Å². The molecule has 164 valence electrons. The van der Waals surface area contributed by atoms with Crippen LogP contribution in [0.4, 0.5) is 0 Å². The van der Waals surface area contributed by atoms with Gasteiger partial charge < -0.3 is 9.80 Å². The minimum atomic E-state index is -3.74. The third-order valence-corrected chi connectivity index (χ3v) is 8.91. The van der Waals surface area contributed by atoms with E-state index in [2.05, 4.69) is 4.40 Å². The molecule has 0 aromatic heterocycles. The molecule has 2 saturated heterocycles. The molecule has 0 saturated carbocycles. The van der Waals surface area contributed by atoms with Gasteiger partial charge in [-0.2, -0.15) is 8.42 Å². The monoisotopic (exact) mass is 454 g/mol. The summed E-state index contributed by atoms with van der Waals surface area (Å²) in [6, 6.07) is 6.14. The van der Waals surface area contributed by atoms with Crippen molar-refractivity contribution in [3.05, 3.63) is 29.8 Å². The van der Waals surface area contributed by atoms with Crippen molar-refractivity contribution in [3.63, 3.8) is 0 Å². The molecule has 0 aliphatic carbocycles. The van der Waals surface area contributed by atoms with Gasteiger partial charge >= 0.3 is 0 Å². The van der Waals surface area contributed by atoms with Crippen LogP contribution in [0.15, 0.2) is 33.6 Å². The highest BCUT2D eigenvalue weighted by molar-refractivity contribution is 7.90. The lowest BCUT2D eigenvalue weighted by atomic mass is 10.0. The number of carbonyl (C=O) groups is 1. The van der Waals surface area contributed by atoms with E-state index >= 15 is 0 Å². The summed E-state index contributed by atoms with van der Waals surface area (Å²) in [4.78, 5) is 17.0. The van der Waals surface area contributed by atoms with Crippen LogP contribution in [0.5, 0.6) is 0 Å². The van der Waals surface area contributed by atoms with Crippen LogP contribution in [0.2, 0.25) is 0 Å². The molecule has 9 nitrogen and oxygen atoms in total. The number of amidine groups is 1. The topological polar surface area (TPSA) is 107 Å².